The van der Waals surface area contributed by atoms with Crippen LogP contribution in [0.5, 0.6) is 0 Å². The van der Waals surface area contributed by atoms with Crippen LogP contribution in [0.3, 0.4) is 0 Å². The summed E-state index contributed by atoms with van der Waals surface area (Å²) in [4.78, 5) is 2.36. The lowest BCUT2D eigenvalue weighted by Gasteiger charge is -2.49. The van der Waals surface area contributed by atoms with Crippen molar-refractivity contribution in [2.45, 2.75) is 56.9 Å². The number of piperidine rings is 1. The Balaban J connectivity index is 1.44. The van der Waals surface area contributed by atoms with Gasteiger partial charge in [0, 0.05) is 31.2 Å². The van der Waals surface area contributed by atoms with Gasteiger partial charge in [0.1, 0.15) is 5.82 Å². The molecule has 0 unspecified atom stereocenters. The first-order valence-corrected chi connectivity index (χ1v) is 10.6. The van der Waals surface area contributed by atoms with E-state index in [2.05, 4.69) is 47.5 Å². The Labute approximate surface area is 167 Å². The van der Waals surface area contributed by atoms with Crippen LogP contribution < -0.4 is 5.32 Å². The molecule has 0 aromatic heterocycles. The first kappa shape index (κ1) is 19.6. The van der Waals surface area contributed by atoms with Crippen LogP contribution in [0.1, 0.15) is 49.8 Å². The topological polar surface area (TPSA) is 24.5 Å². The quantitative estimate of drug-likeness (QED) is 0.812. The summed E-state index contributed by atoms with van der Waals surface area (Å²) in [6.45, 7) is 5.75. The third-order valence-electron chi connectivity index (χ3n) is 6.29. The maximum Gasteiger partial charge on any atom is 0.127 e. The smallest absolute Gasteiger partial charge is 0.127 e. The van der Waals surface area contributed by atoms with Gasteiger partial charge in [0.2, 0.25) is 0 Å². The zero-order chi connectivity index (χ0) is 19.4. The molecule has 1 N–H and O–H groups in total. The fraction of sp³-hybridized carbons (Fsp3) is 0.500. The molecule has 0 saturated carbocycles. The van der Waals surface area contributed by atoms with E-state index >= 15 is 0 Å². The van der Waals surface area contributed by atoms with Crippen molar-refractivity contribution in [3.63, 3.8) is 0 Å². The number of likely N-dealkylation sites (tertiary alicyclic amines) is 1. The molecule has 2 fully saturated rings. The zero-order valence-corrected chi connectivity index (χ0v) is 16.7. The Hall–Kier alpha value is -1.75. The molecular formula is C24H31FN2O. The fourth-order valence-electron chi connectivity index (χ4n) is 4.81. The van der Waals surface area contributed by atoms with Gasteiger partial charge in [-0.2, -0.15) is 0 Å². The molecule has 0 bridgehead atoms. The van der Waals surface area contributed by atoms with E-state index in [-0.39, 0.29) is 17.5 Å². The second-order valence-electron chi connectivity index (χ2n) is 8.26. The Morgan fingerprint density at radius 3 is 2.50 bits per heavy atom. The summed E-state index contributed by atoms with van der Waals surface area (Å²) in [5, 5.41) is 3.67. The van der Waals surface area contributed by atoms with Gasteiger partial charge >= 0.3 is 0 Å². The highest BCUT2D eigenvalue weighted by atomic mass is 19.1. The standard InChI is InChI=1S/C24H31FN2O/c1-2-26-21-16-23(19-8-4-3-5-9-19)28-24(17-21)12-14-27(15-13-24)18-20-10-6-7-11-22(20)25/h3-11,21,23,26H,2,12-18H2,1H3/t21-,23-/m0/s1. The second-order valence-corrected chi connectivity index (χ2v) is 8.26. The van der Waals surface area contributed by atoms with Crippen molar-refractivity contribution in [3.8, 4) is 0 Å². The molecule has 2 atom stereocenters. The third-order valence-corrected chi connectivity index (χ3v) is 6.29. The van der Waals surface area contributed by atoms with Gasteiger partial charge in [-0.05, 0) is 43.9 Å². The predicted octanol–water partition coefficient (Wildman–Crippen LogP) is 4.69. The highest BCUT2D eigenvalue weighted by molar-refractivity contribution is 5.20. The first-order valence-electron chi connectivity index (χ1n) is 10.6. The molecule has 4 heteroatoms. The molecular weight excluding hydrogens is 351 g/mol. The van der Waals surface area contributed by atoms with Crippen molar-refractivity contribution in [3.05, 3.63) is 71.5 Å². The lowest BCUT2D eigenvalue weighted by atomic mass is 9.79. The van der Waals surface area contributed by atoms with Gasteiger partial charge in [-0.25, -0.2) is 4.39 Å². The summed E-state index contributed by atoms with van der Waals surface area (Å²) >= 11 is 0. The average molecular weight is 383 g/mol. The normalized spacial score (nSPS) is 25.1. The Kier molecular flexibility index (Phi) is 6.10. The number of hydrogen-bond donors (Lipinski definition) is 1. The summed E-state index contributed by atoms with van der Waals surface area (Å²) in [6.07, 6.45) is 4.26. The minimum Gasteiger partial charge on any atom is -0.367 e. The highest BCUT2D eigenvalue weighted by Gasteiger charge is 2.43. The van der Waals surface area contributed by atoms with Crippen LogP contribution >= 0.6 is 0 Å². The molecule has 4 rings (SSSR count). The van der Waals surface area contributed by atoms with Crippen molar-refractivity contribution < 1.29 is 9.13 Å². The molecule has 2 aromatic rings. The fourth-order valence-corrected chi connectivity index (χ4v) is 4.81. The summed E-state index contributed by atoms with van der Waals surface area (Å²) < 4.78 is 20.8. The van der Waals surface area contributed by atoms with Crippen molar-refractivity contribution in [2.24, 2.45) is 0 Å². The first-order chi connectivity index (χ1) is 13.7. The van der Waals surface area contributed by atoms with E-state index in [1.807, 2.05) is 12.1 Å². The number of benzene rings is 2. The Morgan fingerprint density at radius 2 is 1.79 bits per heavy atom. The maximum absolute atomic E-state index is 14.0. The van der Waals surface area contributed by atoms with E-state index in [0.29, 0.717) is 12.6 Å². The predicted molar refractivity (Wildman–Crippen MR) is 111 cm³/mol. The molecule has 1 spiro atoms. The molecule has 28 heavy (non-hydrogen) atoms. The van der Waals surface area contributed by atoms with Crippen LogP contribution in [0.25, 0.3) is 0 Å². The summed E-state index contributed by atoms with van der Waals surface area (Å²) in [5.74, 6) is -0.104. The molecule has 0 amide bonds. The lowest BCUT2D eigenvalue weighted by molar-refractivity contribution is -0.164. The second kappa shape index (κ2) is 8.73. The van der Waals surface area contributed by atoms with Gasteiger partial charge in [-0.3, -0.25) is 4.90 Å². The van der Waals surface area contributed by atoms with Crippen molar-refractivity contribution >= 4 is 0 Å². The molecule has 2 saturated heterocycles. The minimum atomic E-state index is -0.104. The van der Waals surface area contributed by atoms with Gasteiger partial charge in [-0.15, -0.1) is 0 Å². The molecule has 0 aliphatic carbocycles. The molecule has 2 heterocycles. The molecule has 0 radical (unpaired) electrons. The zero-order valence-electron chi connectivity index (χ0n) is 16.7. The SMILES string of the molecule is CCN[C@H]1C[C@@H](c2ccccc2)OC2(CCN(Cc3ccccc3F)CC2)C1. The molecule has 2 aromatic carbocycles. The van der Waals surface area contributed by atoms with Crippen LogP contribution in [0.2, 0.25) is 0 Å². The lowest BCUT2D eigenvalue weighted by Crippen LogP contribution is -2.53. The van der Waals surface area contributed by atoms with Gasteiger partial charge in [-0.1, -0.05) is 55.5 Å². The maximum atomic E-state index is 14.0. The van der Waals surface area contributed by atoms with Gasteiger partial charge in [0.05, 0.1) is 11.7 Å². The van der Waals surface area contributed by atoms with Crippen LogP contribution in [0.4, 0.5) is 4.39 Å². The van der Waals surface area contributed by atoms with E-state index in [1.165, 1.54) is 5.56 Å². The highest BCUT2D eigenvalue weighted by Crippen LogP contribution is 2.43. The van der Waals surface area contributed by atoms with Crippen LogP contribution in [0, 0.1) is 5.82 Å². The number of halogens is 1. The third kappa shape index (κ3) is 4.45. The van der Waals surface area contributed by atoms with Gasteiger partial charge < -0.3 is 10.1 Å². The number of ether oxygens (including phenoxy) is 1. The van der Waals surface area contributed by atoms with Crippen LogP contribution in [0.15, 0.2) is 54.6 Å². The molecule has 2 aliphatic rings. The van der Waals surface area contributed by atoms with Crippen molar-refractivity contribution in [2.75, 3.05) is 19.6 Å². The average Bonchev–Trinajstić information content (AvgIpc) is 2.72. The van der Waals surface area contributed by atoms with E-state index in [0.717, 1.165) is 50.9 Å². The van der Waals surface area contributed by atoms with Crippen LogP contribution in [-0.4, -0.2) is 36.2 Å². The minimum absolute atomic E-state index is 0.0721. The molecule has 150 valence electrons. The number of hydrogen-bond acceptors (Lipinski definition) is 3. The molecule has 3 nitrogen and oxygen atoms in total. The molecule has 2 aliphatic heterocycles. The van der Waals surface area contributed by atoms with E-state index in [1.54, 1.807) is 12.1 Å². The Morgan fingerprint density at radius 1 is 1.07 bits per heavy atom. The largest absolute Gasteiger partial charge is 0.367 e. The number of rotatable bonds is 5. The summed E-state index contributed by atoms with van der Waals surface area (Å²) in [7, 11) is 0. The Bertz CT molecular complexity index is 758. The summed E-state index contributed by atoms with van der Waals surface area (Å²) in [5.41, 5.74) is 1.99. The van der Waals surface area contributed by atoms with E-state index in [4.69, 9.17) is 4.74 Å². The van der Waals surface area contributed by atoms with Crippen molar-refractivity contribution in [1.29, 1.82) is 0 Å². The monoisotopic (exact) mass is 382 g/mol. The van der Waals surface area contributed by atoms with Crippen molar-refractivity contribution in [1.82, 2.24) is 10.2 Å². The number of nitrogens with zero attached hydrogens (tertiary/aromatic N) is 1. The van der Waals surface area contributed by atoms with Gasteiger partial charge in [0.25, 0.3) is 0 Å². The van der Waals surface area contributed by atoms with E-state index in [9.17, 15) is 4.39 Å². The van der Waals surface area contributed by atoms with E-state index < -0.39 is 0 Å². The number of nitrogens with one attached hydrogen (secondary N) is 1. The summed E-state index contributed by atoms with van der Waals surface area (Å²) in [6, 6.07) is 18.2. The van der Waals surface area contributed by atoms with Crippen LogP contribution in [-0.2, 0) is 11.3 Å². The van der Waals surface area contributed by atoms with Gasteiger partial charge in [0.15, 0.2) is 0 Å².